The SMILES string of the molecule is COc1ccc2c(c1)[C@]1(C[C@H]1c1ccc3c(Nc4cccnc4OC)n[nH]c3c1)C(=O)N2. The van der Waals surface area contributed by atoms with Gasteiger partial charge in [-0.2, -0.15) is 5.10 Å². The normalized spacial score (nSPS) is 20.8. The number of pyridine rings is 1. The van der Waals surface area contributed by atoms with Gasteiger partial charge in [0.2, 0.25) is 11.8 Å². The van der Waals surface area contributed by atoms with E-state index in [4.69, 9.17) is 9.47 Å². The second-order valence-electron chi connectivity index (χ2n) is 8.16. The summed E-state index contributed by atoms with van der Waals surface area (Å²) in [6.45, 7) is 0. The number of aromatic amines is 1. The van der Waals surface area contributed by atoms with Crippen molar-refractivity contribution in [2.24, 2.45) is 0 Å². The second kappa shape index (κ2) is 6.71. The second-order valence-corrected chi connectivity index (χ2v) is 8.16. The highest BCUT2D eigenvalue weighted by Crippen LogP contribution is 2.65. The first-order valence-corrected chi connectivity index (χ1v) is 10.4. The third-order valence-corrected chi connectivity index (χ3v) is 6.53. The minimum Gasteiger partial charge on any atom is -0.497 e. The summed E-state index contributed by atoms with van der Waals surface area (Å²) in [4.78, 5) is 17.1. The molecule has 0 bridgehead atoms. The van der Waals surface area contributed by atoms with Crippen LogP contribution in [0.5, 0.6) is 11.6 Å². The molecule has 3 heterocycles. The predicted octanol–water partition coefficient (Wildman–Crippen LogP) is 4.10. The average Bonchev–Trinajstić information content (AvgIpc) is 3.38. The number of nitrogens with zero attached hydrogens (tertiary/aromatic N) is 2. The van der Waals surface area contributed by atoms with Gasteiger partial charge < -0.3 is 20.1 Å². The maximum absolute atomic E-state index is 12.9. The number of rotatable bonds is 5. The van der Waals surface area contributed by atoms with Crippen LogP contribution in [0.15, 0.2) is 54.7 Å². The van der Waals surface area contributed by atoms with Gasteiger partial charge in [0.15, 0.2) is 5.82 Å². The lowest BCUT2D eigenvalue weighted by atomic mass is 9.91. The van der Waals surface area contributed by atoms with E-state index >= 15 is 0 Å². The quantitative estimate of drug-likeness (QED) is 0.443. The molecule has 1 saturated carbocycles. The molecule has 1 aliphatic heterocycles. The van der Waals surface area contributed by atoms with Crippen LogP contribution in [0.2, 0.25) is 0 Å². The molecule has 2 aromatic heterocycles. The van der Waals surface area contributed by atoms with E-state index in [0.29, 0.717) is 11.7 Å². The number of carbonyl (C=O) groups excluding carboxylic acids is 1. The molecule has 2 aromatic carbocycles. The number of benzene rings is 2. The summed E-state index contributed by atoms with van der Waals surface area (Å²) >= 11 is 0. The number of H-pyrrole nitrogens is 1. The van der Waals surface area contributed by atoms with E-state index < -0.39 is 5.41 Å². The van der Waals surface area contributed by atoms with Crippen LogP contribution in [0.25, 0.3) is 10.9 Å². The highest BCUT2D eigenvalue weighted by molar-refractivity contribution is 6.10. The van der Waals surface area contributed by atoms with E-state index in [1.54, 1.807) is 20.4 Å². The first-order valence-electron chi connectivity index (χ1n) is 10.4. The molecule has 0 saturated heterocycles. The third-order valence-electron chi connectivity index (χ3n) is 6.53. The van der Waals surface area contributed by atoms with E-state index in [1.165, 1.54) is 0 Å². The van der Waals surface area contributed by atoms with Crippen molar-refractivity contribution in [3.05, 3.63) is 65.9 Å². The average molecular weight is 427 g/mol. The van der Waals surface area contributed by atoms with Crippen molar-refractivity contribution >= 4 is 34.0 Å². The Kier molecular flexibility index (Phi) is 3.92. The van der Waals surface area contributed by atoms with Crippen molar-refractivity contribution in [1.82, 2.24) is 15.2 Å². The Labute approximate surface area is 184 Å². The smallest absolute Gasteiger partial charge is 0.237 e. The zero-order chi connectivity index (χ0) is 21.9. The van der Waals surface area contributed by atoms with Gasteiger partial charge in [-0.3, -0.25) is 9.89 Å². The van der Waals surface area contributed by atoms with Crippen molar-refractivity contribution in [3.63, 3.8) is 0 Å². The Morgan fingerprint density at radius 1 is 1.12 bits per heavy atom. The number of amides is 1. The Bertz CT molecular complexity index is 1380. The number of nitrogens with one attached hydrogen (secondary N) is 3. The van der Waals surface area contributed by atoms with Gasteiger partial charge in [-0.25, -0.2) is 4.98 Å². The zero-order valence-corrected chi connectivity index (χ0v) is 17.6. The number of hydrogen-bond donors (Lipinski definition) is 3. The van der Waals surface area contributed by atoms with E-state index in [2.05, 4.69) is 37.9 Å². The number of ether oxygens (including phenoxy) is 2. The Morgan fingerprint density at radius 3 is 2.88 bits per heavy atom. The number of carbonyl (C=O) groups is 1. The lowest BCUT2D eigenvalue weighted by molar-refractivity contribution is -0.118. The van der Waals surface area contributed by atoms with Crippen LogP contribution < -0.4 is 20.1 Å². The Balaban J connectivity index is 1.33. The summed E-state index contributed by atoms with van der Waals surface area (Å²) in [5.74, 6) is 2.12. The fourth-order valence-electron chi connectivity index (χ4n) is 4.82. The van der Waals surface area contributed by atoms with Crippen molar-refractivity contribution in [1.29, 1.82) is 0 Å². The Morgan fingerprint density at radius 2 is 2.03 bits per heavy atom. The molecule has 160 valence electrons. The molecule has 8 heteroatoms. The largest absolute Gasteiger partial charge is 0.497 e. The van der Waals surface area contributed by atoms with Gasteiger partial charge >= 0.3 is 0 Å². The molecule has 0 unspecified atom stereocenters. The van der Waals surface area contributed by atoms with E-state index in [0.717, 1.165) is 45.6 Å². The molecule has 2 aliphatic rings. The summed E-state index contributed by atoms with van der Waals surface area (Å²) in [6.07, 6.45) is 2.45. The van der Waals surface area contributed by atoms with Gasteiger partial charge in [-0.1, -0.05) is 6.07 Å². The van der Waals surface area contributed by atoms with Crippen LogP contribution >= 0.6 is 0 Å². The van der Waals surface area contributed by atoms with Crippen LogP contribution in [-0.4, -0.2) is 35.3 Å². The van der Waals surface area contributed by atoms with Gasteiger partial charge in [0.05, 0.1) is 25.2 Å². The topological polar surface area (TPSA) is 101 Å². The van der Waals surface area contributed by atoms with Crippen LogP contribution in [0.4, 0.5) is 17.2 Å². The van der Waals surface area contributed by atoms with Crippen molar-refractivity contribution in [2.75, 3.05) is 24.9 Å². The van der Waals surface area contributed by atoms with Gasteiger partial charge in [0.1, 0.15) is 11.4 Å². The van der Waals surface area contributed by atoms with Gasteiger partial charge in [-0.15, -0.1) is 0 Å². The fraction of sp³-hybridized carbons (Fsp3) is 0.208. The highest BCUT2D eigenvalue weighted by Gasteiger charge is 2.65. The fourth-order valence-corrected chi connectivity index (χ4v) is 4.82. The molecule has 1 amide bonds. The van der Waals surface area contributed by atoms with Crippen molar-refractivity contribution < 1.29 is 14.3 Å². The molecule has 4 aromatic rings. The van der Waals surface area contributed by atoms with Crippen LogP contribution in [0.1, 0.15) is 23.5 Å². The standard InChI is InChI=1S/C24H21N5O3/c1-31-14-6-8-18-16(11-14)24(23(30)27-18)12-17(24)13-5-7-15-20(10-13)28-29-21(15)26-19-4-3-9-25-22(19)32-2/h3-11,17H,12H2,1-2H3,(H,27,30)(H2,26,28,29)/t17-,24-/m0/s1. The minimum atomic E-state index is -0.526. The Hall–Kier alpha value is -4.07. The van der Waals surface area contributed by atoms with Crippen LogP contribution in [0, 0.1) is 0 Å². The van der Waals surface area contributed by atoms with E-state index in [-0.39, 0.29) is 11.8 Å². The van der Waals surface area contributed by atoms with Gasteiger partial charge in [0.25, 0.3) is 0 Å². The molecule has 0 radical (unpaired) electrons. The monoisotopic (exact) mass is 427 g/mol. The number of hydrogen-bond acceptors (Lipinski definition) is 6. The number of fused-ring (bicyclic) bond motifs is 3. The third kappa shape index (κ3) is 2.59. The maximum atomic E-state index is 12.9. The summed E-state index contributed by atoms with van der Waals surface area (Å²) in [5, 5.41) is 14.8. The highest BCUT2D eigenvalue weighted by atomic mass is 16.5. The van der Waals surface area contributed by atoms with E-state index in [9.17, 15) is 4.79 Å². The van der Waals surface area contributed by atoms with Crippen molar-refractivity contribution in [3.8, 4) is 11.6 Å². The molecular weight excluding hydrogens is 406 g/mol. The summed E-state index contributed by atoms with van der Waals surface area (Å²) < 4.78 is 10.7. The molecule has 6 rings (SSSR count). The van der Waals surface area contributed by atoms with Gasteiger partial charge in [-0.05, 0) is 60.0 Å². The number of anilines is 3. The summed E-state index contributed by atoms with van der Waals surface area (Å²) in [5.41, 5.74) is 4.11. The molecule has 32 heavy (non-hydrogen) atoms. The summed E-state index contributed by atoms with van der Waals surface area (Å²) in [6, 6.07) is 15.7. The molecule has 3 N–H and O–H groups in total. The lowest BCUT2D eigenvalue weighted by Crippen LogP contribution is -2.21. The predicted molar refractivity (Wildman–Crippen MR) is 121 cm³/mol. The molecule has 1 spiro atoms. The molecule has 8 nitrogen and oxygen atoms in total. The van der Waals surface area contributed by atoms with Crippen LogP contribution in [-0.2, 0) is 10.2 Å². The van der Waals surface area contributed by atoms with Crippen LogP contribution in [0.3, 0.4) is 0 Å². The van der Waals surface area contributed by atoms with E-state index in [1.807, 2.05) is 36.4 Å². The molecule has 1 fully saturated rings. The van der Waals surface area contributed by atoms with Crippen molar-refractivity contribution in [2.45, 2.75) is 17.8 Å². The minimum absolute atomic E-state index is 0.0569. The first kappa shape index (κ1) is 18.7. The first-order chi connectivity index (χ1) is 15.6. The molecular formula is C24H21N5O3. The number of aromatic nitrogens is 3. The maximum Gasteiger partial charge on any atom is 0.237 e. The molecule has 2 atom stereocenters. The lowest BCUT2D eigenvalue weighted by Gasteiger charge is -2.10. The number of methoxy groups -OCH3 is 2. The zero-order valence-electron chi connectivity index (χ0n) is 17.6. The van der Waals surface area contributed by atoms with Gasteiger partial charge in [0, 0.05) is 23.2 Å². The summed E-state index contributed by atoms with van der Waals surface area (Å²) in [7, 11) is 3.22. The molecule has 1 aliphatic carbocycles.